The number of likely N-dealkylation sites (tertiary alicyclic amines) is 1. The molecule has 0 aliphatic carbocycles. The molecule has 0 N–H and O–H groups in total. The number of amides is 1. The fraction of sp³-hybridized carbons (Fsp3) is 0.722. The van der Waals surface area contributed by atoms with Crippen LogP contribution in [0, 0.1) is 0 Å². The fourth-order valence-corrected chi connectivity index (χ4v) is 3.64. The Morgan fingerprint density at radius 1 is 1.27 bits per heavy atom. The normalized spacial score (nSPS) is 24.2. The van der Waals surface area contributed by atoms with Gasteiger partial charge in [-0.05, 0) is 26.9 Å². The monoisotopic (exact) mass is 363 g/mol. The Morgan fingerprint density at radius 3 is 2.69 bits per heavy atom. The summed E-state index contributed by atoms with van der Waals surface area (Å²) >= 11 is 0. The molecule has 0 spiro atoms. The number of fused-ring (bicyclic) bond motifs is 1. The summed E-state index contributed by atoms with van der Waals surface area (Å²) in [5.74, 6) is 0.653. The number of hydrogen-bond donors (Lipinski definition) is 0. The van der Waals surface area contributed by atoms with Gasteiger partial charge in [-0.3, -0.25) is 9.69 Å². The average Bonchev–Trinajstić information content (AvgIpc) is 2.89. The summed E-state index contributed by atoms with van der Waals surface area (Å²) in [4.78, 5) is 27.6. The molecule has 8 heteroatoms. The second-order valence-electron chi connectivity index (χ2n) is 7.13. The number of morpholine rings is 1. The molecule has 2 unspecified atom stereocenters. The van der Waals surface area contributed by atoms with Gasteiger partial charge in [0.2, 0.25) is 5.82 Å². The molecule has 0 bridgehead atoms. The molecule has 2 saturated heterocycles. The second kappa shape index (κ2) is 8.75. The van der Waals surface area contributed by atoms with Crippen LogP contribution in [0.15, 0.2) is 12.4 Å². The first-order chi connectivity index (χ1) is 12.6. The van der Waals surface area contributed by atoms with E-state index in [1.165, 1.54) is 12.4 Å². The maximum Gasteiger partial charge on any atom is 0.291 e. The van der Waals surface area contributed by atoms with Crippen LogP contribution in [-0.4, -0.2) is 103 Å². The van der Waals surface area contributed by atoms with E-state index in [-0.39, 0.29) is 17.8 Å². The van der Waals surface area contributed by atoms with Crippen LogP contribution in [0.2, 0.25) is 0 Å². The van der Waals surface area contributed by atoms with Crippen LogP contribution in [0.4, 0.5) is 0 Å². The first kappa shape index (κ1) is 19.0. The van der Waals surface area contributed by atoms with Crippen molar-refractivity contribution in [3.05, 3.63) is 18.2 Å². The van der Waals surface area contributed by atoms with Crippen molar-refractivity contribution in [1.29, 1.82) is 0 Å². The van der Waals surface area contributed by atoms with E-state index < -0.39 is 0 Å². The van der Waals surface area contributed by atoms with E-state index in [9.17, 15) is 4.79 Å². The van der Waals surface area contributed by atoms with E-state index in [0.29, 0.717) is 24.9 Å². The highest BCUT2D eigenvalue weighted by atomic mass is 16.5. The smallest absolute Gasteiger partial charge is 0.291 e. The number of methoxy groups -OCH3 is 1. The maximum absolute atomic E-state index is 12.8. The number of carbonyl (C=O) groups excluding carboxylic acids is 1. The zero-order valence-corrected chi connectivity index (χ0v) is 15.9. The minimum absolute atomic E-state index is 0.119. The zero-order valence-electron chi connectivity index (χ0n) is 15.9. The van der Waals surface area contributed by atoms with Crippen LogP contribution in [0.1, 0.15) is 23.5 Å². The van der Waals surface area contributed by atoms with E-state index in [1.807, 2.05) is 4.90 Å². The quantitative estimate of drug-likeness (QED) is 0.748. The van der Waals surface area contributed by atoms with E-state index in [1.54, 1.807) is 7.11 Å². The molecule has 8 nitrogen and oxygen atoms in total. The molecular formula is C18H29N5O3. The minimum atomic E-state index is -0.119. The SMILES string of the molecule is COc1cnc(C(=O)N2CCC3OCCN(CCN(C)C)C3CC2)nc1. The van der Waals surface area contributed by atoms with E-state index in [4.69, 9.17) is 9.47 Å². The topological polar surface area (TPSA) is 71.0 Å². The molecule has 3 rings (SSSR count). The molecule has 2 aliphatic rings. The van der Waals surface area contributed by atoms with Crippen LogP contribution in [0.5, 0.6) is 5.75 Å². The molecule has 2 aliphatic heterocycles. The van der Waals surface area contributed by atoms with Crippen molar-refractivity contribution in [1.82, 2.24) is 24.7 Å². The van der Waals surface area contributed by atoms with Gasteiger partial charge in [0.15, 0.2) is 5.75 Å². The number of carbonyl (C=O) groups is 1. The molecule has 1 aromatic heterocycles. The standard InChI is InChI=1S/C18H29N5O3/c1-21(2)8-9-22-10-11-26-16-5-7-23(6-4-15(16)22)18(24)17-19-12-14(25-3)13-20-17/h12-13,15-16H,4-11H2,1-3H3. The lowest BCUT2D eigenvalue weighted by atomic mass is 10.0. The second-order valence-corrected chi connectivity index (χ2v) is 7.13. The summed E-state index contributed by atoms with van der Waals surface area (Å²) in [6, 6.07) is 0.373. The minimum Gasteiger partial charge on any atom is -0.494 e. The molecule has 1 aromatic rings. The molecule has 0 aromatic carbocycles. The Hall–Kier alpha value is -1.77. The lowest BCUT2D eigenvalue weighted by molar-refractivity contribution is -0.0724. The summed E-state index contributed by atoms with van der Waals surface area (Å²) < 4.78 is 11.1. The summed E-state index contributed by atoms with van der Waals surface area (Å²) in [7, 11) is 5.75. The molecule has 2 fully saturated rings. The lowest BCUT2D eigenvalue weighted by Gasteiger charge is -2.40. The summed E-state index contributed by atoms with van der Waals surface area (Å²) in [5, 5.41) is 0. The number of likely N-dealkylation sites (N-methyl/N-ethyl adjacent to an activating group) is 1. The van der Waals surface area contributed by atoms with Gasteiger partial charge >= 0.3 is 0 Å². The van der Waals surface area contributed by atoms with E-state index in [0.717, 1.165) is 39.1 Å². The van der Waals surface area contributed by atoms with Crippen LogP contribution < -0.4 is 4.74 Å². The van der Waals surface area contributed by atoms with Gasteiger partial charge in [0.05, 0.1) is 32.2 Å². The summed E-state index contributed by atoms with van der Waals surface area (Å²) in [5.41, 5.74) is 0. The van der Waals surface area contributed by atoms with Gasteiger partial charge in [0.25, 0.3) is 5.91 Å². The van der Waals surface area contributed by atoms with E-state index in [2.05, 4.69) is 33.9 Å². The first-order valence-corrected chi connectivity index (χ1v) is 9.24. The Labute approximate surface area is 155 Å². The highest BCUT2D eigenvalue weighted by molar-refractivity contribution is 5.90. The predicted octanol–water partition coefficient (Wildman–Crippen LogP) is 0.352. The Balaban J connectivity index is 1.63. The number of hydrogen-bond acceptors (Lipinski definition) is 7. The van der Waals surface area contributed by atoms with E-state index >= 15 is 0 Å². The van der Waals surface area contributed by atoms with Gasteiger partial charge in [0.1, 0.15) is 0 Å². The van der Waals surface area contributed by atoms with Gasteiger partial charge in [-0.2, -0.15) is 0 Å². The van der Waals surface area contributed by atoms with Crippen molar-refractivity contribution >= 4 is 5.91 Å². The van der Waals surface area contributed by atoms with Crippen molar-refractivity contribution < 1.29 is 14.3 Å². The van der Waals surface area contributed by atoms with Gasteiger partial charge in [-0.1, -0.05) is 0 Å². The van der Waals surface area contributed by atoms with Crippen molar-refractivity contribution in [3.63, 3.8) is 0 Å². The van der Waals surface area contributed by atoms with Crippen LogP contribution >= 0.6 is 0 Å². The highest BCUT2D eigenvalue weighted by Gasteiger charge is 2.35. The highest BCUT2D eigenvalue weighted by Crippen LogP contribution is 2.24. The third kappa shape index (κ3) is 4.49. The molecule has 0 saturated carbocycles. The number of nitrogens with zero attached hydrogens (tertiary/aromatic N) is 5. The molecular weight excluding hydrogens is 334 g/mol. The molecule has 2 atom stereocenters. The van der Waals surface area contributed by atoms with Crippen molar-refractivity contribution in [2.24, 2.45) is 0 Å². The molecule has 3 heterocycles. The molecule has 0 radical (unpaired) electrons. The Morgan fingerprint density at radius 2 is 2.00 bits per heavy atom. The third-order valence-corrected chi connectivity index (χ3v) is 5.16. The molecule has 26 heavy (non-hydrogen) atoms. The van der Waals surface area contributed by atoms with Gasteiger partial charge in [-0.15, -0.1) is 0 Å². The molecule has 144 valence electrons. The van der Waals surface area contributed by atoms with Crippen LogP contribution in [0.25, 0.3) is 0 Å². The van der Waals surface area contributed by atoms with Crippen molar-refractivity contribution in [3.8, 4) is 5.75 Å². The number of aromatic nitrogens is 2. The maximum atomic E-state index is 12.8. The third-order valence-electron chi connectivity index (χ3n) is 5.16. The lowest BCUT2D eigenvalue weighted by Crippen LogP contribution is -2.52. The van der Waals surface area contributed by atoms with Crippen molar-refractivity contribution in [2.75, 3.05) is 60.5 Å². The number of rotatable bonds is 5. The summed E-state index contributed by atoms with van der Waals surface area (Å²) in [6.07, 6.45) is 5.03. The van der Waals surface area contributed by atoms with Crippen LogP contribution in [-0.2, 0) is 4.74 Å². The number of ether oxygens (including phenoxy) is 2. The summed E-state index contributed by atoms with van der Waals surface area (Å²) in [6.45, 7) is 5.18. The predicted molar refractivity (Wildman–Crippen MR) is 97.4 cm³/mol. The van der Waals surface area contributed by atoms with Gasteiger partial charge < -0.3 is 19.3 Å². The first-order valence-electron chi connectivity index (χ1n) is 9.24. The Bertz CT molecular complexity index is 595. The van der Waals surface area contributed by atoms with Crippen molar-refractivity contribution in [2.45, 2.75) is 25.0 Å². The zero-order chi connectivity index (χ0) is 18.5. The average molecular weight is 363 g/mol. The van der Waals surface area contributed by atoms with Crippen LogP contribution in [0.3, 0.4) is 0 Å². The molecule has 1 amide bonds. The largest absolute Gasteiger partial charge is 0.494 e. The fourth-order valence-electron chi connectivity index (χ4n) is 3.64. The van der Waals surface area contributed by atoms with Gasteiger partial charge in [-0.25, -0.2) is 9.97 Å². The van der Waals surface area contributed by atoms with Gasteiger partial charge in [0, 0.05) is 38.8 Å². The Kier molecular flexibility index (Phi) is 6.39.